The third kappa shape index (κ3) is 4.64. The summed E-state index contributed by atoms with van der Waals surface area (Å²) < 4.78 is 27.7. The first-order valence-electron chi connectivity index (χ1n) is 8.97. The predicted octanol–water partition coefficient (Wildman–Crippen LogP) is 4.97. The Morgan fingerprint density at radius 2 is 1.87 bits per heavy atom. The molecule has 7 nitrogen and oxygen atoms in total. The molecule has 0 bridgehead atoms. The lowest BCUT2D eigenvalue weighted by Crippen LogP contribution is -2.17. The third-order valence-corrected chi connectivity index (χ3v) is 6.76. The van der Waals surface area contributed by atoms with Gasteiger partial charge >= 0.3 is 0 Å². The second-order valence-corrected chi connectivity index (χ2v) is 9.57. The maximum Gasteiger partial charge on any atom is 0.263 e. The lowest BCUT2D eigenvalue weighted by atomic mass is 10.2. The Hall–Kier alpha value is -2.88. The van der Waals surface area contributed by atoms with E-state index in [0.29, 0.717) is 16.7 Å². The smallest absolute Gasteiger partial charge is 0.263 e. The van der Waals surface area contributed by atoms with E-state index < -0.39 is 10.0 Å². The van der Waals surface area contributed by atoms with Crippen molar-refractivity contribution in [1.82, 2.24) is 15.2 Å². The van der Waals surface area contributed by atoms with Crippen LogP contribution in [0.2, 0.25) is 5.02 Å². The first-order valence-corrected chi connectivity index (χ1v) is 11.7. The van der Waals surface area contributed by atoms with Crippen LogP contribution < -0.4 is 9.62 Å². The van der Waals surface area contributed by atoms with Crippen molar-refractivity contribution in [2.75, 3.05) is 9.62 Å². The molecule has 2 aromatic heterocycles. The topological polar surface area (TPSA) is 91.0 Å². The van der Waals surface area contributed by atoms with Crippen molar-refractivity contribution in [3.8, 4) is 0 Å². The number of H-pyrrole nitrogens is 1. The van der Waals surface area contributed by atoms with Crippen molar-refractivity contribution in [3.05, 3.63) is 82.5 Å². The number of hydrogen-bond acceptors (Lipinski definition) is 6. The van der Waals surface area contributed by atoms with Crippen molar-refractivity contribution >= 4 is 49.6 Å². The quantitative estimate of drug-likeness (QED) is 0.407. The molecule has 0 spiro atoms. The molecule has 0 saturated heterocycles. The van der Waals surface area contributed by atoms with Gasteiger partial charge in [0.25, 0.3) is 10.0 Å². The zero-order chi connectivity index (χ0) is 21.1. The van der Waals surface area contributed by atoms with E-state index >= 15 is 0 Å². The molecule has 2 N–H and O–H groups in total. The van der Waals surface area contributed by atoms with Crippen molar-refractivity contribution in [2.24, 2.45) is 0 Å². The summed E-state index contributed by atoms with van der Waals surface area (Å²) in [5.74, 6) is 0.735. The number of rotatable bonds is 7. The minimum absolute atomic E-state index is 0.158. The number of thiazole rings is 1. The van der Waals surface area contributed by atoms with E-state index in [9.17, 15) is 8.42 Å². The Morgan fingerprint density at radius 1 is 1.13 bits per heavy atom. The average molecular weight is 460 g/mol. The molecule has 0 fully saturated rings. The van der Waals surface area contributed by atoms with Gasteiger partial charge in [0.15, 0.2) is 10.9 Å². The number of aromatic amines is 1. The minimum atomic E-state index is -3.71. The number of halogens is 1. The van der Waals surface area contributed by atoms with E-state index in [4.69, 9.17) is 11.6 Å². The molecule has 0 saturated carbocycles. The van der Waals surface area contributed by atoms with Crippen LogP contribution in [-0.4, -0.2) is 23.6 Å². The number of sulfonamides is 1. The van der Waals surface area contributed by atoms with Gasteiger partial charge in [-0.1, -0.05) is 23.7 Å². The fourth-order valence-corrected chi connectivity index (χ4v) is 4.79. The maximum absolute atomic E-state index is 12.6. The third-order valence-electron chi connectivity index (χ3n) is 4.34. The fraction of sp³-hybridized carbons (Fsp3) is 0.100. The fourth-order valence-electron chi connectivity index (χ4n) is 2.87. The van der Waals surface area contributed by atoms with Crippen LogP contribution in [0.3, 0.4) is 0 Å². The number of nitrogens with one attached hydrogen (secondary N) is 2. The summed E-state index contributed by atoms with van der Waals surface area (Å²) in [4.78, 5) is 6.12. The minimum Gasteiger partial charge on any atom is -0.320 e. The zero-order valence-corrected chi connectivity index (χ0v) is 18.3. The summed E-state index contributed by atoms with van der Waals surface area (Å²) in [5, 5.41) is 10.0. The molecule has 4 aromatic rings. The van der Waals surface area contributed by atoms with Gasteiger partial charge in [0.1, 0.15) is 0 Å². The summed E-state index contributed by atoms with van der Waals surface area (Å²) >= 11 is 7.22. The first-order chi connectivity index (χ1) is 14.4. The van der Waals surface area contributed by atoms with Crippen LogP contribution in [0.25, 0.3) is 0 Å². The van der Waals surface area contributed by atoms with Crippen LogP contribution in [0.15, 0.2) is 71.1 Å². The van der Waals surface area contributed by atoms with E-state index in [2.05, 4.69) is 19.9 Å². The summed E-state index contributed by atoms with van der Waals surface area (Å²) in [7, 11) is -3.71. The first kappa shape index (κ1) is 20.4. The molecule has 154 valence electrons. The van der Waals surface area contributed by atoms with E-state index in [1.54, 1.807) is 35.8 Å². The van der Waals surface area contributed by atoms with Crippen LogP contribution >= 0.6 is 22.9 Å². The molecule has 10 heteroatoms. The highest BCUT2D eigenvalue weighted by molar-refractivity contribution is 7.93. The predicted molar refractivity (Wildman–Crippen MR) is 120 cm³/mol. The van der Waals surface area contributed by atoms with Gasteiger partial charge in [-0.3, -0.25) is 9.82 Å². The Kier molecular flexibility index (Phi) is 5.76. The van der Waals surface area contributed by atoms with Gasteiger partial charge in [-0.2, -0.15) is 5.10 Å². The van der Waals surface area contributed by atoms with Gasteiger partial charge in [0, 0.05) is 40.6 Å². The monoisotopic (exact) mass is 459 g/mol. The Labute approximate surface area is 183 Å². The Morgan fingerprint density at radius 3 is 2.47 bits per heavy atom. The highest BCUT2D eigenvalue weighted by atomic mass is 35.5. The van der Waals surface area contributed by atoms with Gasteiger partial charge in [-0.15, -0.1) is 11.3 Å². The number of benzene rings is 2. The van der Waals surface area contributed by atoms with Crippen LogP contribution in [0.4, 0.5) is 16.6 Å². The maximum atomic E-state index is 12.6. The average Bonchev–Trinajstić information content (AvgIpc) is 3.39. The summed E-state index contributed by atoms with van der Waals surface area (Å²) in [6.45, 7) is 2.47. The Bertz CT molecular complexity index is 1220. The molecule has 0 aliphatic rings. The van der Waals surface area contributed by atoms with Gasteiger partial charge < -0.3 is 4.90 Å². The molecular formula is C20H18ClN5O2S2. The van der Waals surface area contributed by atoms with Crippen molar-refractivity contribution in [2.45, 2.75) is 18.4 Å². The molecule has 4 rings (SSSR count). The molecule has 2 aromatic carbocycles. The SMILES string of the molecule is Cc1cc(N(Cc2ccc(Cl)cc2)c2ccc(S(=O)(=O)Nc3nccs3)cc2)n[nH]1. The van der Waals surface area contributed by atoms with E-state index in [1.807, 2.05) is 42.2 Å². The Balaban J connectivity index is 1.63. The lowest BCUT2D eigenvalue weighted by molar-refractivity contribution is 0.601. The van der Waals surface area contributed by atoms with Crippen molar-refractivity contribution in [3.63, 3.8) is 0 Å². The van der Waals surface area contributed by atoms with E-state index in [-0.39, 0.29) is 4.90 Å². The molecule has 30 heavy (non-hydrogen) atoms. The van der Waals surface area contributed by atoms with Crippen LogP contribution in [0.1, 0.15) is 11.3 Å². The molecule has 2 heterocycles. The second-order valence-electron chi connectivity index (χ2n) is 6.56. The molecule has 0 unspecified atom stereocenters. The number of aromatic nitrogens is 3. The zero-order valence-electron chi connectivity index (χ0n) is 15.9. The largest absolute Gasteiger partial charge is 0.320 e. The summed E-state index contributed by atoms with van der Waals surface area (Å²) in [6.07, 6.45) is 1.55. The number of aryl methyl sites for hydroxylation is 1. The highest BCUT2D eigenvalue weighted by Gasteiger charge is 2.18. The summed E-state index contributed by atoms with van der Waals surface area (Å²) in [6, 6.07) is 16.2. The number of anilines is 3. The van der Waals surface area contributed by atoms with Gasteiger partial charge in [-0.25, -0.2) is 13.4 Å². The van der Waals surface area contributed by atoms with E-state index in [0.717, 1.165) is 22.8 Å². The lowest BCUT2D eigenvalue weighted by Gasteiger charge is -2.23. The van der Waals surface area contributed by atoms with Gasteiger partial charge in [-0.05, 0) is 48.9 Å². The summed E-state index contributed by atoms with van der Waals surface area (Å²) in [5.41, 5.74) is 2.78. The van der Waals surface area contributed by atoms with Crippen molar-refractivity contribution < 1.29 is 8.42 Å². The number of hydrogen-bond donors (Lipinski definition) is 2. The molecular weight excluding hydrogens is 442 g/mol. The normalized spacial score (nSPS) is 11.4. The molecule has 0 radical (unpaired) electrons. The van der Waals surface area contributed by atoms with E-state index in [1.165, 1.54) is 11.3 Å². The molecule has 0 aliphatic heterocycles. The highest BCUT2D eigenvalue weighted by Crippen LogP contribution is 2.28. The molecule has 0 aliphatic carbocycles. The standard InChI is InChI=1S/C20H18ClN5O2S2/c1-14-12-19(24-23-14)26(13-15-2-4-16(21)5-3-15)17-6-8-18(9-7-17)30(27,28)25-20-22-10-11-29-20/h2-12H,13H2,1H3,(H,22,25)(H,23,24). The van der Waals surface area contributed by atoms with Gasteiger partial charge in [0.2, 0.25) is 0 Å². The van der Waals surface area contributed by atoms with Crippen LogP contribution in [0.5, 0.6) is 0 Å². The van der Waals surface area contributed by atoms with Crippen LogP contribution in [-0.2, 0) is 16.6 Å². The van der Waals surface area contributed by atoms with Crippen molar-refractivity contribution in [1.29, 1.82) is 0 Å². The molecule has 0 amide bonds. The second kappa shape index (κ2) is 8.47. The number of nitrogens with zero attached hydrogens (tertiary/aromatic N) is 3. The van der Waals surface area contributed by atoms with Crippen LogP contribution in [0, 0.1) is 6.92 Å². The molecule has 0 atom stereocenters. The van der Waals surface area contributed by atoms with Gasteiger partial charge in [0.05, 0.1) is 4.90 Å².